The zero-order valence-corrected chi connectivity index (χ0v) is 15.0. The van der Waals surface area contributed by atoms with Crippen LogP contribution in [-0.4, -0.2) is 34.9 Å². The first-order valence-electron chi connectivity index (χ1n) is 8.93. The summed E-state index contributed by atoms with van der Waals surface area (Å²) < 4.78 is 7.71. The Morgan fingerprint density at radius 3 is 2.75 bits per heavy atom. The Balaban J connectivity index is 1.51. The van der Waals surface area contributed by atoms with Crippen LogP contribution in [0.2, 0.25) is 0 Å². The van der Waals surface area contributed by atoms with Crippen LogP contribution in [0, 0.1) is 6.92 Å². The number of methoxy groups -OCH3 is 1. The fourth-order valence-corrected chi connectivity index (χ4v) is 4.64. The molecule has 4 nitrogen and oxygen atoms in total. The van der Waals surface area contributed by atoms with Gasteiger partial charge in [0.1, 0.15) is 0 Å². The largest absolute Gasteiger partial charge is 0.377 e. The van der Waals surface area contributed by atoms with Gasteiger partial charge >= 0.3 is 0 Å². The lowest BCUT2D eigenvalue weighted by molar-refractivity contribution is 0.0687. The van der Waals surface area contributed by atoms with Gasteiger partial charge in [-0.2, -0.15) is 5.10 Å². The van der Waals surface area contributed by atoms with Crippen LogP contribution in [0.25, 0.3) is 0 Å². The lowest BCUT2D eigenvalue weighted by Gasteiger charge is -2.40. The average Bonchev–Trinajstić information content (AvgIpc) is 3.11. The Hall–Kier alpha value is -1.65. The number of benzene rings is 1. The third-order valence-corrected chi connectivity index (χ3v) is 5.96. The molecule has 0 saturated carbocycles. The van der Waals surface area contributed by atoms with E-state index in [1.54, 1.807) is 5.56 Å². The Labute approximate surface area is 144 Å². The van der Waals surface area contributed by atoms with Crippen molar-refractivity contribution in [2.75, 3.05) is 20.2 Å². The highest BCUT2D eigenvalue weighted by atomic mass is 16.5. The molecule has 0 radical (unpaired) electrons. The van der Waals surface area contributed by atoms with Crippen LogP contribution in [0.5, 0.6) is 0 Å². The van der Waals surface area contributed by atoms with E-state index in [2.05, 4.69) is 41.3 Å². The van der Waals surface area contributed by atoms with Crippen molar-refractivity contribution in [3.8, 4) is 0 Å². The molecule has 4 rings (SSSR count). The summed E-state index contributed by atoms with van der Waals surface area (Å²) in [7, 11) is 3.84. The maximum Gasteiger partial charge on any atom is 0.0832 e. The van der Waals surface area contributed by atoms with Gasteiger partial charge in [-0.15, -0.1) is 0 Å². The molecule has 2 heterocycles. The van der Waals surface area contributed by atoms with Crippen molar-refractivity contribution in [1.82, 2.24) is 14.7 Å². The first-order valence-corrected chi connectivity index (χ1v) is 8.93. The SMILES string of the molecule is CO[C@H]1CC2(CCN(Cc3cnn(C)c3)CC2)c2ccc(C)cc21. The molecule has 1 fully saturated rings. The van der Waals surface area contributed by atoms with Gasteiger partial charge in [0.25, 0.3) is 0 Å². The molecular weight excluding hydrogens is 298 g/mol. The fourth-order valence-electron chi connectivity index (χ4n) is 4.64. The quantitative estimate of drug-likeness (QED) is 0.867. The minimum atomic E-state index is 0.268. The molecule has 0 amide bonds. The second kappa shape index (κ2) is 6.01. The molecule has 1 atom stereocenters. The number of rotatable bonds is 3. The number of ether oxygens (including phenoxy) is 1. The Kier molecular flexibility index (Phi) is 3.97. The number of fused-ring (bicyclic) bond motifs is 2. The van der Waals surface area contributed by atoms with Gasteiger partial charge in [-0.3, -0.25) is 9.58 Å². The predicted molar refractivity (Wildman–Crippen MR) is 94.9 cm³/mol. The Morgan fingerprint density at radius 2 is 2.08 bits per heavy atom. The standard InChI is InChI=1S/C20H27N3O/c1-15-4-5-18-17(10-15)19(24-3)11-20(18)6-8-23(9-7-20)14-16-12-21-22(2)13-16/h4-5,10,12-13,19H,6-9,11,14H2,1-3H3/t19-/m0/s1. The van der Waals surface area contributed by atoms with E-state index in [0.29, 0.717) is 5.41 Å². The molecule has 24 heavy (non-hydrogen) atoms. The molecular formula is C20H27N3O. The molecule has 4 heteroatoms. The number of aryl methyl sites for hydroxylation is 2. The molecule has 1 spiro atoms. The number of hydrogen-bond acceptors (Lipinski definition) is 3. The molecule has 1 aromatic carbocycles. The summed E-state index contributed by atoms with van der Waals surface area (Å²) in [5, 5.41) is 4.29. The topological polar surface area (TPSA) is 30.3 Å². The summed E-state index contributed by atoms with van der Waals surface area (Å²) in [5.41, 5.74) is 5.93. The third kappa shape index (κ3) is 2.68. The highest BCUT2D eigenvalue weighted by Crippen LogP contribution is 2.52. The van der Waals surface area contributed by atoms with E-state index in [0.717, 1.165) is 26.1 Å². The molecule has 0 N–H and O–H groups in total. The summed E-state index contributed by atoms with van der Waals surface area (Å²) in [6.45, 7) is 5.49. The van der Waals surface area contributed by atoms with E-state index < -0.39 is 0 Å². The van der Waals surface area contributed by atoms with Crippen molar-refractivity contribution in [2.45, 2.75) is 44.2 Å². The highest BCUT2D eigenvalue weighted by molar-refractivity contribution is 5.44. The van der Waals surface area contributed by atoms with Gasteiger partial charge in [-0.1, -0.05) is 23.8 Å². The maximum atomic E-state index is 5.82. The molecule has 128 valence electrons. The normalized spacial score (nSPS) is 22.9. The zero-order chi connectivity index (χ0) is 16.7. The highest BCUT2D eigenvalue weighted by Gasteiger charge is 2.45. The fraction of sp³-hybridized carbons (Fsp3) is 0.550. The van der Waals surface area contributed by atoms with E-state index in [1.807, 2.05) is 25.0 Å². The van der Waals surface area contributed by atoms with E-state index in [1.165, 1.54) is 29.5 Å². The first-order chi connectivity index (χ1) is 11.6. The van der Waals surface area contributed by atoms with Gasteiger partial charge in [-0.25, -0.2) is 0 Å². The van der Waals surface area contributed by atoms with E-state index >= 15 is 0 Å². The number of aromatic nitrogens is 2. The van der Waals surface area contributed by atoms with Crippen LogP contribution in [-0.2, 0) is 23.7 Å². The van der Waals surface area contributed by atoms with Crippen molar-refractivity contribution < 1.29 is 4.74 Å². The van der Waals surface area contributed by atoms with Crippen molar-refractivity contribution in [3.05, 3.63) is 52.8 Å². The number of likely N-dealkylation sites (tertiary alicyclic amines) is 1. The van der Waals surface area contributed by atoms with Crippen LogP contribution in [0.3, 0.4) is 0 Å². The van der Waals surface area contributed by atoms with Crippen molar-refractivity contribution in [1.29, 1.82) is 0 Å². The zero-order valence-electron chi connectivity index (χ0n) is 15.0. The smallest absolute Gasteiger partial charge is 0.0832 e. The summed E-state index contributed by atoms with van der Waals surface area (Å²) in [4.78, 5) is 2.57. The van der Waals surface area contributed by atoms with Gasteiger partial charge in [0.15, 0.2) is 0 Å². The minimum absolute atomic E-state index is 0.268. The lowest BCUT2D eigenvalue weighted by Crippen LogP contribution is -2.41. The van der Waals surface area contributed by atoms with Gasteiger partial charge in [0.05, 0.1) is 12.3 Å². The van der Waals surface area contributed by atoms with Crippen molar-refractivity contribution in [3.63, 3.8) is 0 Å². The number of piperidine rings is 1. The molecule has 2 aliphatic rings. The van der Waals surface area contributed by atoms with Gasteiger partial charge < -0.3 is 4.74 Å². The predicted octanol–water partition coefficient (Wildman–Crippen LogP) is 3.35. The van der Waals surface area contributed by atoms with Gasteiger partial charge in [-0.05, 0) is 50.4 Å². The summed E-state index contributed by atoms with van der Waals surface area (Å²) in [6.07, 6.45) is 7.97. The number of hydrogen-bond donors (Lipinski definition) is 0. The summed E-state index contributed by atoms with van der Waals surface area (Å²) in [6, 6.07) is 6.96. The summed E-state index contributed by atoms with van der Waals surface area (Å²) >= 11 is 0. The van der Waals surface area contributed by atoms with Crippen LogP contribution < -0.4 is 0 Å². The molecule has 1 aromatic heterocycles. The van der Waals surface area contributed by atoms with Crippen LogP contribution in [0.4, 0.5) is 0 Å². The molecule has 2 aromatic rings. The average molecular weight is 325 g/mol. The molecule has 0 unspecified atom stereocenters. The monoisotopic (exact) mass is 325 g/mol. The Morgan fingerprint density at radius 1 is 1.29 bits per heavy atom. The lowest BCUT2D eigenvalue weighted by atomic mass is 9.73. The number of nitrogens with zero attached hydrogens (tertiary/aromatic N) is 3. The van der Waals surface area contributed by atoms with Crippen molar-refractivity contribution >= 4 is 0 Å². The van der Waals surface area contributed by atoms with E-state index in [-0.39, 0.29) is 6.10 Å². The van der Waals surface area contributed by atoms with Gasteiger partial charge in [0.2, 0.25) is 0 Å². The molecule has 1 aliphatic carbocycles. The third-order valence-electron chi connectivity index (χ3n) is 5.96. The summed E-state index contributed by atoms with van der Waals surface area (Å²) in [5.74, 6) is 0. The molecule has 0 bridgehead atoms. The molecule has 1 aliphatic heterocycles. The minimum Gasteiger partial charge on any atom is -0.377 e. The second-order valence-electron chi connectivity index (χ2n) is 7.60. The van der Waals surface area contributed by atoms with Crippen LogP contribution in [0.15, 0.2) is 30.6 Å². The second-order valence-corrected chi connectivity index (χ2v) is 7.60. The molecule has 1 saturated heterocycles. The van der Waals surface area contributed by atoms with E-state index in [4.69, 9.17) is 4.74 Å². The first kappa shape index (κ1) is 15.9. The van der Waals surface area contributed by atoms with Crippen molar-refractivity contribution in [2.24, 2.45) is 7.05 Å². The maximum absolute atomic E-state index is 5.82. The van der Waals surface area contributed by atoms with Crippen LogP contribution >= 0.6 is 0 Å². The van der Waals surface area contributed by atoms with E-state index in [9.17, 15) is 0 Å². The van der Waals surface area contributed by atoms with Crippen LogP contribution in [0.1, 0.15) is 47.6 Å². The van der Waals surface area contributed by atoms with Gasteiger partial charge in [0, 0.05) is 37.9 Å². The Bertz CT molecular complexity index is 728.